The molecule has 0 radical (unpaired) electrons. The van der Waals surface area contributed by atoms with E-state index in [-0.39, 0.29) is 17.4 Å². The first-order chi connectivity index (χ1) is 12.1. The summed E-state index contributed by atoms with van der Waals surface area (Å²) in [6.45, 7) is 0. The molecule has 0 saturated heterocycles. The quantitative estimate of drug-likeness (QED) is 0.393. The lowest BCUT2D eigenvalue weighted by atomic mass is 10.2. The minimum Gasteiger partial charge on any atom is -0.465 e. The van der Waals surface area contributed by atoms with E-state index >= 15 is 0 Å². The fourth-order valence-electron chi connectivity index (χ4n) is 2.03. The Morgan fingerprint density at radius 3 is 2.64 bits per heavy atom. The average Bonchev–Trinajstić information content (AvgIpc) is 3.09. The van der Waals surface area contributed by atoms with Crippen LogP contribution in [0.3, 0.4) is 0 Å². The number of rotatable bonds is 5. The van der Waals surface area contributed by atoms with Crippen LogP contribution in [0.5, 0.6) is 11.8 Å². The predicted octanol–water partition coefficient (Wildman–Crippen LogP) is 2.15. The van der Waals surface area contributed by atoms with Crippen LogP contribution in [0.2, 0.25) is 0 Å². The number of tetrazole rings is 1. The van der Waals surface area contributed by atoms with Gasteiger partial charge in [0.15, 0.2) is 0 Å². The molecule has 0 bridgehead atoms. The Morgan fingerprint density at radius 2 is 1.96 bits per heavy atom. The van der Waals surface area contributed by atoms with Gasteiger partial charge in [-0.2, -0.15) is 4.68 Å². The normalized spacial score (nSPS) is 10.3. The number of nitro groups is 1. The van der Waals surface area contributed by atoms with Crippen LogP contribution >= 0.6 is 0 Å². The lowest BCUT2D eigenvalue weighted by Crippen LogP contribution is -2.03. The molecule has 0 aliphatic rings. The van der Waals surface area contributed by atoms with Gasteiger partial charge in [-0.25, -0.2) is 4.79 Å². The van der Waals surface area contributed by atoms with Crippen LogP contribution in [-0.4, -0.2) is 38.2 Å². The summed E-state index contributed by atoms with van der Waals surface area (Å²) in [5.74, 6) is -0.243. The first kappa shape index (κ1) is 16.1. The van der Waals surface area contributed by atoms with E-state index in [1.54, 1.807) is 30.3 Å². The first-order valence-electron chi connectivity index (χ1n) is 6.98. The van der Waals surface area contributed by atoms with E-state index in [0.29, 0.717) is 11.3 Å². The highest BCUT2D eigenvalue weighted by molar-refractivity contribution is 5.89. The highest BCUT2D eigenvalue weighted by Crippen LogP contribution is 2.24. The molecule has 0 fully saturated rings. The fourth-order valence-corrected chi connectivity index (χ4v) is 2.03. The van der Waals surface area contributed by atoms with Gasteiger partial charge in [0, 0.05) is 6.07 Å². The molecule has 0 unspecified atom stereocenters. The van der Waals surface area contributed by atoms with E-state index in [2.05, 4.69) is 20.3 Å². The molecule has 3 aromatic rings. The Hall–Kier alpha value is -3.82. The number of methoxy groups -OCH3 is 1. The number of carbonyl (C=O) groups excluding carboxylic acids is 1. The van der Waals surface area contributed by atoms with Crippen molar-refractivity contribution in [2.75, 3.05) is 7.11 Å². The standard InChI is InChI=1S/C15H11N5O5/c1-24-14(21)10-5-7-11(8-6-10)19-15(16-17-18-19)25-13-4-2-3-12(9-13)20(22)23/h2-9H,1H3. The molecule has 126 valence electrons. The van der Waals surface area contributed by atoms with Gasteiger partial charge < -0.3 is 9.47 Å². The van der Waals surface area contributed by atoms with Crippen molar-refractivity contribution >= 4 is 11.7 Å². The van der Waals surface area contributed by atoms with Crippen LogP contribution < -0.4 is 4.74 Å². The zero-order chi connectivity index (χ0) is 17.8. The van der Waals surface area contributed by atoms with Crippen molar-refractivity contribution in [2.24, 2.45) is 0 Å². The van der Waals surface area contributed by atoms with Crippen molar-refractivity contribution in [3.63, 3.8) is 0 Å². The molecule has 0 aliphatic heterocycles. The number of hydrogen-bond donors (Lipinski definition) is 0. The summed E-state index contributed by atoms with van der Waals surface area (Å²) in [4.78, 5) is 21.8. The van der Waals surface area contributed by atoms with Crippen LogP contribution in [0.4, 0.5) is 5.69 Å². The minimum atomic E-state index is -0.526. The van der Waals surface area contributed by atoms with Crippen molar-refractivity contribution < 1.29 is 19.2 Å². The van der Waals surface area contributed by atoms with Gasteiger partial charge in [0.25, 0.3) is 5.69 Å². The highest BCUT2D eigenvalue weighted by atomic mass is 16.6. The predicted molar refractivity (Wildman–Crippen MR) is 83.7 cm³/mol. The zero-order valence-corrected chi connectivity index (χ0v) is 12.9. The SMILES string of the molecule is COC(=O)c1ccc(-n2nnnc2Oc2cccc([N+](=O)[O-])c2)cc1. The third kappa shape index (κ3) is 3.42. The van der Waals surface area contributed by atoms with Crippen molar-refractivity contribution in [2.45, 2.75) is 0 Å². The Labute approximate surface area is 140 Å². The molecule has 1 heterocycles. The van der Waals surface area contributed by atoms with E-state index in [9.17, 15) is 14.9 Å². The fraction of sp³-hybridized carbons (Fsp3) is 0.0667. The average molecular weight is 341 g/mol. The summed E-state index contributed by atoms with van der Waals surface area (Å²) in [6.07, 6.45) is 0. The van der Waals surface area contributed by atoms with Gasteiger partial charge in [0.1, 0.15) is 5.75 Å². The van der Waals surface area contributed by atoms with E-state index in [4.69, 9.17) is 4.74 Å². The summed E-state index contributed by atoms with van der Waals surface area (Å²) in [7, 11) is 1.29. The second kappa shape index (κ2) is 6.74. The molecule has 0 N–H and O–H groups in total. The van der Waals surface area contributed by atoms with Crippen LogP contribution in [0.25, 0.3) is 5.69 Å². The summed E-state index contributed by atoms with van der Waals surface area (Å²) in [5.41, 5.74) is 0.803. The lowest BCUT2D eigenvalue weighted by Gasteiger charge is -2.06. The Balaban J connectivity index is 1.87. The third-order valence-corrected chi connectivity index (χ3v) is 3.21. The van der Waals surface area contributed by atoms with Gasteiger partial charge in [-0.3, -0.25) is 10.1 Å². The molecule has 10 nitrogen and oxygen atoms in total. The molecule has 2 aromatic carbocycles. The molecule has 0 saturated carbocycles. The van der Waals surface area contributed by atoms with E-state index < -0.39 is 10.9 Å². The monoisotopic (exact) mass is 341 g/mol. The smallest absolute Gasteiger partial charge is 0.345 e. The van der Waals surface area contributed by atoms with Crippen molar-refractivity contribution in [1.29, 1.82) is 0 Å². The zero-order valence-electron chi connectivity index (χ0n) is 12.9. The van der Waals surface area contributed by atoms with Crippen molar-refractivity contribution in [1.82, 2.24) is 20.2 Å². The number of esters is 1. The number of nitrogens with zero attached hydrogens (tertiary/aromatic N) is 5. The Bertz CT molecular complexity index is 922. The second-order valence-corrected chi connectivity index (χ2v) is 4.77. The molecule has 0 atom stereocenters. The van der Waals surface area contributed by atoms with Gasteiger partial charge in [-0.1, -0.05) is 11.2 Å². The van der Waals surface area contributed by atoms with Crippen LogP contribution in [-0.2, 0) is 4.74 Å². The first-order valence-corrected chi connectivity index (χ1v) is 6.98. The molecule has 0 amide bonds. The number of carbonyl (C=O) groups is 1. The van der Waals surface area contributed by atoms with Crippen molar-refractivity contribution in [3.8, 4) is 17.4 Å². The molecule has 3 rings (SSSR count). The largest absolute Gasteiger partial charge is 0.465 e. The van der Waals surface area contributed by atoms with E-state index in [1.165, 1.54) is 30.0 Å². The van der Waals surface area contributed by atoms with Gasteiger partial charge in [0.05, 0.1) is 29.4 Å². The number of hydrogen-bond acceptors (Lipinski definition) is 8. The summed E-state index contributed by atoms with van der Waals surface area (Å²) in [6, 6.07) is 12.0. The van der Waals surface area contributed by atoms with Gasteiger partial charge in [-0.05, 0) is 40.8 Å². The van der Waals surface area contributed by atoms with Crippen LogP contribution in [0.15, 0.2) is 48.5 Å². The molecule has 0 spiro atoms. The topological polar surface area (TPSA) is 122 Å². The summed E-state index contributed by atoms with van der Waals surface area (Å²) < 4.78 is 11.5. The van der Waals surface area contributed by atoms with Gasteiger partial charge >= 0.3 is 12.0 Å². The van der Waals surface area contributed by atoms with Crippen LogP contribution in [0.1, 0.15) is 10.4 Å². The van der Waals surface area contributed by atoms with Gasteiger partial charge in [0.2, 0.25) is 0 Å². The van der Waals surface area contributed by atoms with E-state index in [0.717, 1.165) is 0 Å². The third-order valence-electron chi connectivity index (χ3n) is 3.21. The number of benzene rings is 2. The number of non-ortho nitro benzene ring substituents is 1. The second-order valence-electron chi connectivity index (χ2n) is 4.77. The van der Waals surface area contributed by atoms with Crippen molar-refractivity contribution in [3.05, 3.63) is 64.2 Å². The summed E-state index contributed by atoms with van der Waals surface area (Å²) in [5, 5.41) is 21.9. The molecular formula is C15H11N5O5. The maximum atomic E-state index is 11.5. The Morgan fingerprint density at radius 1 is 1.20 bits per heavy atom. The summed E-state index contributed by atoms with van der Waals surface area (Å²) >= 11 is 0. The molecule has 25 heavy (non-hydrogen) atoms. The van der Waals surface area contributed by atoms with Crippen LogP contribution in [0, 0.1) is 10.1 Å². The molecule has 0 aliphatic carbocycles. The minimum absolute atomic E-state index is 0.0197. The molecular weight excluding hydrogens is 330 g/mol. The maximum Gasteiger partial charge on any atom is 0.345 e. The van der Waals surface area contributed by atoms with Gasteiger partial charge in [-0.15, -0.1) is 0 Å². The number of aromatic nitrogens is 4. The van der Waals surface area contributed by atoms with E-state index in [1.807, 2.05) is 0 Å². The number of ether oxygens (including phenoxy) is 2. The highest BCUT2D eigenvalue weighted by Gasteiger charge is 2.14. The Kier molecular flexibility index (Phi) is 4.33. The lowest BCUT2D eigenvalue weighted by molar-refractivity contribution is -0.384. The molecule has 10 heteroatoms. The maximum absolute atomic E-state index is 11.5. The number of nitro benzene ring substituents is 1. The molecule has 1 aromatic heterocycles.